The number of halogens is 1. The zero-order valence-electron chi connectivity index (χ0n) is 14.9. The molecule has 1 heterocycles. The van der Waals surface area contributed by atoms with Gasteiger partial charge in [-0.25, -0.2) is 0 Å². The summed E-state index contributed by atoms with van der Waals surface area (Å²) in [5, 5.41) is 19.9. The number of ether oxygens (including phenoxy) is 1. The number of para-hydroxylation sites is 2. The van der Waals surface area contributed by atoms with Gasteiger partial charge < -0.3 is 9.84 Å². The van der Waals surface area contributed by atoms with Crippen LogP contribution in [0, 0.1) is 10.1 Å². The van der Waals surface area contributed by atoms with Crippen LogP contribution in [0.3, 0.4) is 0 Å². The summed E-state index contributed by atoms with van der Waals surface area (Å²) in [5.74, 6) is -0.497. The standard InChI is InChI=1S/C17H25N3O5.ClH/c1-2-19(13-17(21)22)14-7-9-18(10-8-14)11-12-25-16-6-4-3-5-15(16)20(23)24;/h3-6,14H,2,7-13H2,1H3,(H,21,22);1H. The van der Waals surface area contributed by atoms with E-state index >= 15 is 0 Å². The topological polar surface area (TPSA) is 96.2 Å². The molecular formula is C17H26ClN3O5. The fraction of sp³-hybridized carbons (Fsp3) is 0.588. The van der Waals surface area contributed by atoms with Crippen LogP contribution >= 0.6 is 12.4 Å². The van der Waals surface area contributed by atoms with Crippen molar-refractivity contribution >= 4 is 24.1 Å². The summed E-state index contributed by atoms with van der Waals surface area (Å²) in [6, 6.07) is 6.67. The Bertz CT molecular complexity index is 594. The van der Waals surface area contributed by atoms with Crippen LogP contribution in [-0.2, 0) is 4.79 Å². The normalized spacial score (nSPS) is 15.5. The molecule has 1 saturated heterocycles. The summed E-state index contributed by atoms with van der Waals surface area (Å²) in [6.45, 7) is 5.64. The molecule has 26 heavy (non-hydrogen) atoms. The number of likely N-dealkylation sites (N-methyl/N-ethyl adjacent to an activating group) is 1. The maximum Gasteiger partial charge on any atom is 0.317 e. The quantitative estimate of drug-likeness (QED) is 0.512. The van der Waals surface area contributed by atoms with Crippen molar-refractivity contribution in [2.45, 2.75) is 25.8 Å². The van der Waals surface area contributed by atoms with E-state index in [0.717, 1.165) is 32.5 Å². The highest BCUT2D eigenvalue weighted by Gasteiger charge is 2.25. The van der Waals surface area contributed by atoms with Crippen LogP contribution in [0.1, 0.15) is 19.8 Å². The van der Waals surface area contributed by atoms with Gasteiger partial charge in [-0.2, -0.15) is 0 Å². The number of nitro benzene ring substituents is 1. The molecule has 1 aliphatic heterocycles. The van der Waals surface area contributed by atoms with Gasteiger partial charge in [0, 0.05) is 18.7 Å². The lowest BCUT2D eigenvalue weighted by molar-refractivity contribution is -0.385. The van der Waals surface area contributed by atoms with Gasteiger partial charge in [-0.05, 0) is 38.5 Å². The number of carboxylic acid groups (broad SMARTS) is 1. The van der Waals surface area contributed by atoms with Crippen LogP contribution in [0.2, 0.25) is 0 Å². The molecule has 9 heteroatoms. The van der Waals surface area contributed by atoms with E-state index in [2.05, 4.69) is 4.90 Å². The fourth-order valence-corrected chi connectivity index (χ4v) is 3.20. The average molecular weight is 388 g/mol. The van der Waals surface area contributed by atoms with Crippen molar-refractivity contribution in [1.29, 1.82) is 0 Å². The fourth-order valence-electron chi connectivity index (χ4n) is 3.20. The smallest absolute Gasteiger partial charge is 0.317 e. The number of aliphatic carboxylic acids is 1. The number of rotatable bonds is 9. The highest BCUT2D eigenvalue weighted by atomic mass is 35.5. The van der Waals surface area contributed by atoms with Gasteiger partial charge in [-0.1, -0.05) is 19.1 Å². The highest BCUT2D eigenvalue weighted by molar-refractivity contribution is 5.85. The van der Waals surface area contributed by atoms with Gasteiger partial charge in [0.05, 0.1) is 11.5 Å². The predicted molar refractivity (Wildman–Crippen MR) is 100 cm³/mol. The van der Waals surface area contributed by atoms with Gasteiger partial charge >= 0.3 is 11.7 Å². The zero-order valence-corrected chi connectivity index (χ0v) is 15.7. The second-order valence-electron chi connectivity index (χ2n) is 6.10. The minimum absolute atomic E-state index is 0. The van der Waals surface area contributed by atoms with Crippen LogP contribution < -0.4 is 4.74 Å². The summed E-state index contributed by atoms with van der Waals surface area (Å²) in [4.78, 5) is 25.7. The summed E-state index contributed by atoms with van der Waals surface area (Å²) in [6.07, 6.45) is 1.85. The molecule has 0 spiro atoms. The van der Waals surface area contributed by atoms with Gasteiger partial charge in [0.1, 0.15) is 6.61 Å². The Kier molecular flexibility index (Phi) is 9.32. The number of nitrogens with zero attached hydrogens (tertiary/aromatic N) is 3. The van der Waals surface area contributed by atoms with Crippen molar-refractivity contribution in [3.8, 4) is 5.75 Å². The van der Waals surface area contributed by atoms with Crippen LogP contribution in [-0.4, -0.2) is 71.2 Å². The Morgan fingerprint density at radius 2 is 2.04 bits per heavy atom. The van der Waals surface area contributed by atoms with Crippen molar-refractivity contribution in [3.05, 3.63) is 34.4 Å². The number of likely N-dealkylation sites (tertiary alicyclic amines) is 1. The van der Waals surface area contributed by atoms with Crippen molar-refractivity contribution in [2.24, 2.45) is 0 Å². The molecule has 1 N–H and O–H groups in total. The molecule has 1 fully saturated rings. The molecule has 0 amide bonds. The molecule has 0 unspecified atom stereocenters. The molecule has 0 atom stereocenters. The van der Waals surface area contributed by atoms with E-state index in [9.17, 15) is 14.9 Å². The van der Waals surface area contributed by atoms with Crippen LogP contribution in [0.4, 0.5) is 5.69 Å². The molecule has 0 saturated carbocycles. The first kappa shape index (κ1) is 22.1. The first-order valence-corrected chi connectivity index (χ1v) is 8.55. The lowest BCUT2D eigenvalue weighted by Crippen LogP contribution is -2.47. The van der Waals surface area contributed by atoms with Crippen LogP contribution in [0.15, 0.2) is 24.3 Å². The number of piperidine rings is 1. The van der Waals surface area contributed by atoms with Gasteiger partial charge in [0.25, 0.3) is 0 Å². The summed E-state index contributed by atoms with van der Waals surface area (Å²) < 4.78 is 5.58. The summed E-state index contributed by atoms with van der Waals surface area (Å²) in [7, 11) is 0. The molecule has 1 aromatic carbocycles. The van der Waals surface area contributed by atoms with Crippen LogP contribution in [0.25, 0.3) is 0 Å². The van der Waals surface area contributed by atoms with Crippen molar-refractivity contribution in [2.75, 3.05) is 39.3 Å². The largest absolute Gasteiger partial charge is 0.485 e. The van der Waals surface area contributed by atoms with E-state index in [-0.39, 0.29) is 24.6 Å². The van der Waals surface area contributed by atoms with E-state index in [1.807, 2.05) is 11.8 Å². The molecule has 146 valence electrons. The van der Waals surface area contributed by atoms with E-state index < -0.39 is 10.9 Å². The Labute approximate surface area is 159 Å². The maximum absolute atomic E-state index is 11.0. The molecule has 2 rings (SSSR count). The monoisotopic (exact) mass is 387 g/mol. The van der Waals surface area contributed by atoms with Gasteiger partial charge in [0.2, 0.25) is 0 Å². The first-order chi connectivity index (χ1) is 12.0. The van der Waals surface area contributed by atoms with Crippen molar-refractivity contribution < 1.29 is 19.6 Å². The van der Waals surface area contributed by atoms with Gasteiger partial charge in [-0.15, -0.1) is 12.4 Å². The average Bonchev–Trinajstić information content (AvgIpc) is 2.60. The number of carboxylic acids is 1. The second-order valence-corrected chi connectivity index (χ2v) is 6.10. The molecule has 8 nitrogen and oxygen atoms in total. The Hall–Kier alpha value is -1.90. The van der Waals surface area contributed by atoms with E-state index in [1.165, 1.54) is 6.07 Å². The molecule has 0 bridgehead atoms. The summed E-state index contributed by atoms with van der Waals surface area (Å²) in [5.41, 5.74) is -0.0199. The number of hydrogen-bond acceptors (Lipinski definition) is 6. The lowest BCUT2D eigenvalue weighted by atomic mass is 10.0. The maximum atomic E-state index is 11.0. The number of benzene rings is 1. The predicted octanol–water partition coefficient (Wildman–Crippen LogP) is 2.27. The van der Waals surface area contributed by atoms with Crippen LogP contribution in [0.5, 0.6) is 5.75 Å². The SMILES string of the molecule is CCN(CC(=O)O)C1CCN(CCOc2ccccc2[N+](=O)[O-])CC1.Cl. The van der Waals surface area contributed by atoms with E-state index in [4.69, 9.17) is 9.84 Å². The molecule has 1 aromatic rings. The third-order valence-corrected chi connectivity index (χ3v) is 4.55. The Balaban J connectivity index is 0.00000338. The molecule has 1 aliphatic rings. The Morgan fingerprint density at radius 1 is 1.38 bits per heavy atom. The van der Waals surface area contributed by atoms with Gasteiger partial charge in [-0.3, -0.25) is 24.7 Å². The number of hydrogen-bond donors (Lipinski definition) is 1. The Morgan fingerprint density at radius 3 is 2.62 bits per heavy atom. The zero-order chi connectivity index (χ0) is 18.2. The minimum atomic E-state index is -0.790. The van der Waals surface area contributed by atoms with Crippen molar-refractivity contribution in [1.82, 2.24) is 9.80 Å². The molecule has 0 radical (unpaired) electrons. The second kappa shape index (κ2) is 10.9. The minimum Gasteiger partial charge on any atom is -0.485 e. The van der Waals surface area contributed by atoms with Gasteiger partial charge in [0.15, 0.2) is 5.75 Å². The van der Waals surface area contributed by atoms with E-state index in [0.29, 0.717) is 24.9 Å². The third kappa shape index (κ3) is 6.44. The van der Waals surface area contributed by atoms with E-state index in [1.54, 1.807) is 18.2 Å². The number of carbonyl (C=O) groups is 1. The lowest BCUT2D eigenvalue weighted by Gasteiger charge is -2.37. The first-order valence-electron chi connectivity index (χ1n) is 8.55. The van der Waals surface area contributed by atoms with Crippen molar-refractivity contribution in [3.63, 3.8) is 0 Å². The third-order valence-electron chi connectivity index (χ3n) is 4.55. The molecule has 0 aliphatic carbocycles. The highest BCUT2D eigenvalue weighted by Crippen LogP contribution is 2.25. The summed E-state index contributed by atoms with van der Waals surface area (Å²) >= 11 is 0. The number of nitro groups is 1. The molecular weight excluding hydrogens is 362 g/mol. The molecule has 0 aromatic heterocycles.